The maximum absolute atomic E-state index is 5.35. The van der Waals surface area contributed by atoms with E-state index in [4.69, 9.17) is 23.2 Å². The fourth-order valence-electron chi connectivity index (χ4n) is 0.178. The summed E-state index contributed by atoms with van der Waals surface area (Å²) < 4.78 is 0. The minimum Gasteiger partial charge on any atom is -0.0861 e. The molecule has 0 amide bonds. The van der Waals surface area contributed by atoms with Crippen molar-refractivity contribution in [2.75, 3.05) is 0 Å². The van der Waals surface area contributed by atoms with Crippen LogP contribution in [0.25, 0.3) is 0 Å². The lowest BCUT2D eigenvalue weighted by atomic mass is 10.5. The number of rotatable bonds is 1. The van der Waals surface area contributed by atoms with Crippen LogP contribution < -0.4 is 0 Å². The molecule has 0 aromatic rings. The highest BCUT2D eigenvalue weighted by molar-refractivity contribution is 6.35. The van der Waals surface area contributed by atoms with Crippen LogP contribution in [0.1, 0.15) is 6.92 Å². The van der Waals surface area contributed by atoms with Gasteiger partial charge in [0.05, 0.1) is 10.6 Å². The first kappa shape index (κ1) is 7.06. The Kier molecular flexibility index (Phi) is 4.26. The average Bonchev–Trinajstić information content (AvgIpc) is 1.68. The minimum absolute atomic E-state index is 0.434. The Hall–Kier alpha value is 0.0600. The second-order valence-electron chi connectivity index (χ2n) is 0.942. The maximum atomic E-state index is 5.35. The first-order valence-corrected chi connectivity index (χ1v) is 2.58. The predicted molar refractivity (Wildman–Crippen MR) is 33.3 cm³/mol. The van der Waals surface area contributed by atoms with E-state index in [1.54, 1.807) is 12.2 Å². The lowest BCUT2D eigenvalue weighted by Gasteiger charge is -1.75. The van der Waals surface area contributed by atoms with E-state index >= 15 is 0 Å². The Morgan fingerprint density at radius 1 is 1.71 bits per heavy atom. The lowest BCUT2D eigenvalue weighted by Crippen LogP contribution is -1.53. The smallest absolute Gasteiger partial charge is 0.0793 e. The summed E-state index contributed by atoms with van der Waals surface area (Å²) in [4.78, 5) is 0. The minimum atomic E-state index is 0.434. The van der Waals surface area contributed by atoms with Crippen LogP contribution in [0.2, 0.25) is 0 Å². The molecule has 0 N–H and O–H groups in total. The second-order valence-corrected chi connectivity index (χ2v) is 1.54. The van der Waals surface area contributed by atoms with Gasteiger partial charge < -0.3 is 0 Å². The lowest BCUT2D eigenvalue weighted by molar-refractivity contribution is 1.72. The fraction of sp³-hybridized carbons (Fsp3) is 0.200. The third kappa shape index (κ3) is 3.90. The molecule has 0 spiro atoms. The number of halogens is 2. The summed E-state index contributed by atoms with van der Waals surface area (Å²) in [7, 11) is 0. The topological polar surface area (TPSA) is 0 Å². The van der Waals surface area contributed by atoms with E-state index in [1.807, 2.05) is 6.92 Å². The Labute approximate surface area is 53.4 Å². The Balaban J connectivity index is 3.58. The van der Waals surface area contributed by atoms with E-state index in [0.29, 0.717) is 5.03 Å². The van der Waals surface area contributed by atoms with Crippen molar-refractivity contribution < 1.29 is 0 Å². The molecule has 1 radical (unpaired) electrons. The van der Waals surface area contributed by atoms with Gasteiger partial charge in [0.1, 0.15) is 0 Å². The molecule has 0 atom stereocenters. The van der Waals surface area contributed by atoms with Gasteiger partial charge in [-0.2, -0.15) is 0 Å². The zero-order valence-corrected chi connectivity index (χ0v) is 5.42. The molecule has 0 saturated carbocycles. The largest absolute Gasteiger partial charge is 0.0861 e. The molecule has 0 heterocycles. The highest BCUT2D eigenvalue weighted by Crippen LogP contribution is 2.02. The summed E-state index contributed by atoms with van der Waals surface area (Å²) in [5.74, 6) is 0. The summed E-state index contributed by atoms with van der Waals surface area (Å²) >= 11 is 10.4. The van der Waals surface area contributed by atoms with Gasteiger partial charge in [0.25, 0.3) is 0 Å². The molecule has 2 heteroatoms. The van der Waals surface area contributed by atoms with Gasteiger partial charge in [-0.1, -0.05) is 29.3 Å². The second kappa shape index (κ2) is 4.23. The van der Waals surface area contributed by atoms with E-state index in [2.05, 4.69) is 5.54 Å². The van der Waals surface area contributed by atoms with Gasteiger partial charge in [-0.25, -0.2) is 0 Å². The van der Waals surface area contributed by atoms with Gasteiger partial charge in [0.2, 0.25) is 0 Å². The first-order valence-electron chi connectivity index (χ1n) is 1.83. The Morgan fingerprint density at radius 3 is 2.43 bits per heavy atom. The van der Waals surface area contributed by atoms with Crippen LogP contribution in [0.4, 0.5) is 0 Å². The molecule has 0 unspecified atom stereocenters. The molecular formula is C5H5Cl2. The van der Waals surface area contributed by atoms with Crippen molar-refractivity contribution in [3.8, 4) is 0 Å². The fourth-order valence-corrected chi connectivity index (χ4v) is 0.367. The summed E-state index contributed by atoms with van der Waals surface area (Å²) in [6, 6.07) is 0. The zero-order chi connectivity index (χ0) is 5.70. The third-order valence-corrected chi connectivity index (χ3v) is 0.924. The zero-order valence-electron chi connectivity index (χ0n) is 3.91. The standard InChI is InChI=1S/C5H5Cl2/c1-2-3-5(7)4-6/h2-3H,1H3. The summed E-state index contributed by atoms with van der Waals surface area (Å²) in [6.07, 6.45) is 3.45. The quantitative estimate of drug-likeness (QED) is 0.486. The molecule has 7 heavy (non-hydrogen) atoms. The van der Waals surface area contributed by atoms with Gasteiger partial charge in [-0.15, -0.1) is 0 Å². The highest BCUT2D eigenvalue weighted by atomic mass is 35.5. The van der Waals surface area contributed by atoms with Crippen LogP contribution in [0.5, 0.6) is 0 Å². The number of hydrogen-bond acceptors (Lipinski definition) is 0. The molecule has 39 valence electrons. The van der Waals surface area contributed by atoms with Crippen LogP contribution >= 0.6 is 23.2 Å². The van der Waals surface area contributed by atoms with Crippen LogP contribution in [-0.2, 0) is 0 Å². The molecule has 0 saturated heterocycles. The molecule has 0 aromatic heterocycles. The van der Waals surface area contributed by atoms with Gasteiger partial charge in [0.15, 0.2) is 0 Å². The van der Waals surface area contributed by atoms with Crippen molar-refractivity contribution in [3.63, 3.8) is 0 Å². The monoisotopic (exact) mass is 135 g/mol. The Bertz CT molecular complexity index is 92.3. The van der Waals surface area contributed by atoms with Gasteiger partial charge in [-0.3, -0.25) is 0 Å². The van der Waals surface area contributed by atoms with Crippen molar-refractivity contribution in [1.82, 2.24) is 0 Å². The predicted octanol–water partition coefficient (Wildman–Crippen LogP) is 2.68. The first-order chi connectivity index (χ1) is 3.31. The molecule has 0 bridgehead atoms. The van der Waals surface area contributed by atoms with E-state index in [9.17, 15) is 0 Å². The Morgan fingerprint density at radius 2 is 2.29 bits per heavy atom. The molecule has 0 aliphatic heterocycles. The van der Waals surface area contributed by atoms with E-state index in [-0.39, 0.29) is 0 Å². The van der Waals surface area contributed by atoms with Crippen molar-refractivity contribution in [2.24, 2.45) is 0 Å². The molecule has 0 fully saturated rings. The van der Waals surface area contributed by atoms with Crippen molar-refractivity contribution in [3.05, 3.63) is 22.7 Å². The summed E-state index contributed by atoms with van der Waals surface area (Å²) in [5.41, 5.74) is 2.23. The SMILES string of the molecule is CC=C/C(Cl)=[C]/Cl. The van der Waals surface area contributed by atoms with Gasteiger partial charge in [-0.05, 0) is 13.0 Å². The molecule has 0 aliphatic carbocycles. The third-order valence-electron chi connectivity index (χ3n) is 0.403. The number of hydrogen-bond donors (Lipinski definition) is 0. The van der Waals surface area contributed by atoms with E-state index in [0.717, 1.165) is 0 Å². The van der Waals surface area contributed by atoms with Crippen LogP contribution in [-0.4, -0.2) is 0 Å². The summed E-state index contributed by atoms with van der Waals surface area (Å²) in [6.45, 7) is 1.86. The van der Waals surface area contributed by atoms with Crippen LogP contribution in [0, 0.1) is 5.54 Å². The molecule has 0 aliphatic rings. The molecular weight excluding hydrogens is 131 g/mol. The summed E-state index contributed by atoms with van der Waals surface area (Å²) in [5, 5.41) is 0.434. The molecule has 0 rings (SSSR count). The average molecular weight is 136 g/mol. The molecule has 0 aromatic carbocycles. The highest BCUT2D eigenvalue weighted by Gasteiger charge is 1.76. The van der Waals surface area contributed by atoms with Crippen molar-refractivity contribution in [1.29, 1.82) is 0 Å². The van der Waals surface area contributed by atoms with E-state index in [1.165, 1.54) is 0 Å². The van der Waals surface area contributed by atoms with Crippen molar-refractivity contribution >= 4 is 23.2 Å². The van der Waals surface area contributed by atoms with Crippen LogP contribution in [0.15, 0.2) is 17.2 Å². The number of allylic oxidation sites excluding steroid dienone is 3. The van der Waals surface area contributed by atoms with E-state index < -0.39 is 0 Å². The van der Waals surface area contributed by atoms with Crippen LogP contribution in [0.3, 0.4) is 0 Å². The van der Waals surface area contributed by atoms with Gasteiger partial charge in [0, 0.05) is 0 Å². The molecule has 0 nitrogen and oxygen atoms in total. The van der Waals surface area contributed by atoms with Crippen molar-refractivity contribution in [2.45, 2.75) is 6.92 Å². The normalized spacial score (nSPS) is 13.3. The van der Waals surface area contributed by atoms with Gasteiger partial charge >= 0.3 is 0 Å². The maximum Gasteiger partial charge on any atom is 0.0793 e.